The third kappa shape index (κ3) is 5.40. The van der Waals surface area contributed by atoms with Gasteiger partial charge < -0.3 is 0 Å². The molecule has 0 radical (unpaired) electrons. The fourth-order valence-corrected chi connectivity index (χ4v) is 1.16. The summed E-state index contributed by atoms with van der Waals surface area (Å²) in [4.78, 5) is 2.75. The summed E-state index contributed by atoms with van der Waals surface area (Å²) in [5.41, 5.74) is 8.33. The van der Waals surface area contributed by atoms with Gasteiger partial charge in [-0.1, -0.05) is 24.9 Å². The van der Waals surface area contributed by atoms with E-state index in [9.17, 15) is 0 Å². The Bertz CT molecular complexity index is 109. The molecule has 0 rings (SSSR count). The van der Waals surface area contributed by atoms with Crippen molar-refractivity contribution in [2.45, 2.75) is 31.9 Å². The van der Waals surface area contributed by atoms with Crippen molar-refractivity contribution >= 4 is 10.2 Å². The summed E-state index contributed by atoms with van der Waals surface area (Å²) in [7, 11) is 0.993. The fraction of sp³-hybridized carbons (Fsp3) is 1.00. The molecule has 1 atom stereocenters. The molecule has 4 heteroatoms. The van der Waals surface area contributed by atoms with Gasteiger partial charge in [0.1, 0.15) is 0 Å². The van der Waals surface area contributed by atoms with Gasteiger partial charge in [-0.25, -0.2) is 0 Å². The Labute approximate surface area is 58.5 Å². The Kier molecular flexibility index (Phi) is 5.36. The number of azide groups is 1. The molecule has 0 bridgehead atoms. The Balaban J connectivity index is 3.26. The highest BCUT2D eigenvalue weighted by Crippen LogP contribution is 2.00. The summed E-state index contributed by atoms with van der Waals surface area (Å²) < 4.78 is 0. The highest BCUT2D eigenvalue weighted by atomic mass is 28.1. The van der Waals surface area contributed by atoms with Gasteiger partial charge in [0, 0.05) is 20.8 Å². The minimum Gasteiger partial charge on any atom is -0.0945 e. The number of hydrogen-bond acceptors (Lipinski definition) is 1. The van der Waals surface area contributed by atoms with Crippen LogP contribution in [0.25, 0.3) is 10.4 Å². The fourth-order valence-electron chi connectivity index (χ4n) is 0.645. The molecule has 52 valence electrons. The van der Waals surface area contributed by atoms with Crippen LogP contribution in [0.1, 0.15) is 26.2 Å². The van der Waals surface area contributed by atoms with Gasteiger partial charge in [-0.3, -0.25) is 0 Å². The lowest BCUT2D eigenvalue weighted by atomic mass is 10.2. The molecule has 0 N–H and O–H groups in total. The van der Waals surface area contributed by atoms with Crippen molar-refractivity contribution in [2.24, 2.45) is 5.11 Å². The van der Waals surface area contributed by atoms with E-state index in [0.29, 0.717) is 5.67 Å². The second-order valence-corrected chi connectivity index (χ2v) is 3.53. The second-order valence-electron chi connectivity index (χ2n) is 2.20. The third-order valence-corrected chi connectivity index (χ3v) is 2.03. The number of hydrogen-bond donors (Lipinski definition) is 0. The first-order valence-electron chi connectivity index (χ1n) is 3.35. The SMILES string of the molecule is CCCCC([SiH3])N=[N+]=[N-]. The van der Waals surface area contributed by atoms with Crippen molar-refractivity contribution in [1.29, 1.82) is 0 Å². The monoisotopic (exact) mass is 143 g/mol. The van der Waals surface area contributed by atoms with Crippen LogP contribution in [-0.2, 0) is 0 Å². The molecule has 0 amide bonds. The first-order valence-corrected chi connectivity index (χ1v) is 4.51. The summed E-state index contributed by atoms with van der Waals surface area (Å²) in [6.07, 6.45) is 3.46. The lowest BCUT2D eigenvalue weighted by Gasteiger charge is -1.99. The molecule has 0 heterocycles. The van der Waals surface area contributed by atoms with Crippen LogP contribution in [0.5, 0.6) is 0 Å². The van der Waals surface area contributed by atoms with Crippen LogP contribution in [-0.4, -0.2) is 15.9 Å². The molecule has 3 nitrogen and oxygen atoms in total. The van der Waals surface area contributed by atoms with Crippen LogP contribution in [0.15, 0.2) is 5.11 Å². The summed E-state index contributed by atoms with van der Waals surface area (Å²) >= 11 is 0. The zero-order valence-corrected chi connectivity index (χ0v) is 8.04. The lowest BCUT2D eigenvalue weighted by molar-refractivity contribution is 0.689. The normalized spacial score (nSPS) is 12.6. The number of nitrogens with zero attached hydrogens (tertiary/aromatic N) is 3. The van der Waals surface area contributed by atoms with E-state index in [4.69, 9.17) is 5.53 Å². The third-order valence-electron chi connectivity index (χ3n) is 1.22. The first-order chi connectivity index (χ1) is 4.31. The van der Waals surface area contributed by atoms with E-state index < -0.39 is 0 Å². The van der Waals surface area contributed by atoms with E-state index in [-0.39, 0.29) is 0 Å². The molecular weight excluding hydrogens is 130 g/mol. The first kappa shape index (κ1) is 8.53. The molecule has 0 aromatic heterocycles. The Morgan fingerprint density at radius 2 is 2.44 bits per heavy atom. The zero-order valence-electron chi connectivity index (χ0n) is 6.04. The maximum absolute atomic E-state index is 8.02. The quantitative estimate of drug-likeness (QED) is 0.245. The van der Waals surface area contributed by atoms with Crippen molar-refractivity contribution in [3.05, 3.63) is 10.4 Å². The predicted molar refractivity (Wildman–Crippen MR) is 42.4 cm³/mol. The molecule has 0 aliphatic rings. The smallest absolute Gasteiger partial charge is 0.0225 e. The highest BCUT2D eigenvalue weighted by Gasteiger charge is 1.94. The van der Waals surface area contributed by atoms with Crippen molar-refractivity contribution in [3.8, 4) is 0 Å². The molecule has 0 aromatic carbocycles. The van der Waals surface area contributed by atoms with Crippen LogP contribution >= 0.6 is 0 Å². The molecule has 0 aromatic rings. The molecular formula is C5H13N3Si. The lowest BCUT2D eigenvalue weighted by Crippen LogP contribution is -2.00. The standard InChI is InChI=1S/C5H13N3Si/c1-2-3-4-5(9)7-8-6/h5H,2-4H2,1,9H3. The minimum absolute atomic E-state index is 0.315. The van der Waals surface area contributed by atoms with E-state index in [1.807, 2.05) is 0 Å². The molecule has 1 unspecified atom stereocenters. The van der Waals surface area contributed by atoms with Gasteiger partial charge in [0.15, 0.2) is 0 Å². The van der Waals surface area contributed by atoms with E-state index >= 15 is 0 Å². The summed E-state index contributed by atoms with van der Waals surface area (Å²) in [5, 5.41) is 3.60. The van der Waals surface area contributed by atoms with Gasteiger partial charge in [0.05, 0.1) is 0 Å². The van der Waals surface area contributed by atoms with Crippen molar-refractivity contribution in [3.63, 3.8) is 0 Å². The van der Waals surface area contributed by atoms with Crippen LogP contribution in [0, 0.1) is 0 Å². The number of unbranched alkanes of at least 4 members (excludes halogenated alkanes) is 1. The molecule has 0 saturated heterocycles. The average Bonchev–Trinajstić information content (AvgIpc) is 1.85. The van der Waals surface area contributed by atoms with E-state index in [2.05, 4.69) is 16.9 Å². The Hall–Kier alpha value is -0.473. The average molecular weight is 143 g/mol. The molecule has 0 fully saturated rings. The molecule has 0 aliphatic heterocycles. The maximum atomic E-state index is 8.02. The van der Waals surface area contributed by atoms with Crippen LogP contribution in [0.3, 0.4) is 0 Å². The van der Waals surface area contributed by atoms with E-state index in [1.165, 1.54) is 12.8 Å². The summed E-state index contributed by atoms with van der Waals surface area (Å²) in [6.45, 7) is 2.14. The Morgan fingerprint density at radius 1 is 1.78 bits per heavy atom. The van der Waals surface area contributed by atoms with E-state index in [1.54, 1.807) is 0 Å². The molecule has 9 heavy (non-hydrogen) atoms. The highest BCUT2D eigenvalue weighted by molar-refractivity contribution is 6.11. The maximum Gasteiger partial charge on any atom is 0.0225 e. The Morgan fingerprint density at radius 3 is 2.89 bits per heavy atom. The van der Waals surface area contributed by atoms with Crippen molar-refractivity contribution in [2.75, 3.05) is 0 Å². The predicted octanol–water partition coefficient (Wildman–Crippen LogP) is 1.18. The molecule has 0 saturated carbocycles. The van der Waals surface area contributed by atoms with Gasteiger partial charge in [-0.2, -0.15) is 0 Å². The zero-order chi connectivity index (χ0) is 7.11. The van der Waals surface area contributed by atoms with Gasteiger partial charge in [0.2, 0.25) is 0 Å². The van der Waals surface area contributed by atoms with E-state index in [0.717, 1.165) is 16.7 Å². The number of rotatable bonds is 4. The van der Waals surface area contributed by atoms with Gasteiger partial charge >= 0.3 is 0 Å². The second kappa shape index (κ2) is 5.66. The van der Waals surface area contributed by atoms with Crippen molar-refractivity contribution in [1.82, 2.24) is 0 Å². The topological polar surface area (TPSA) is 48.8 Å². The summed E-state index contributed by atoms with van der Waals surface area (Å²) in [6, 6.07) is 0. The van der Waals surface area contributed by atoms with Gasteiger partial charge in [-0.15, -0.1) is 0 Å². The van der Waals surface area contributed by atoms with Gasteiger partial charge in [0.25, 0.3) is 0 Å². The largest absolute Gasteiger partial charge is 0.0945 e. The van der Waals surface area contributed by atoms with Gasteiger partial charge in [-0.05, 0) is 12.0 Å². The molecule has 0 aliphatic carbocycles. The van der Waals surface area contributed by atoms with Crippen molar-refractivity contribution < 1.29 is 0 Å². The van der Waals surface area contributed by atoms with Crippen LogP contribution < -0.4 is 0 Å². The minimum atomic E-state index is 0.315. The van der Waals surface area contributed by atoms with Crippen LogP contribution in [0.4, 0.5) is 0 Å². The molecule has 0 spiro atoms. The van der Waals surface area contributed by atoms with Crippen LogP contribution in [0.2, 0.25) is 0 Å². The summed E-state index contributed by atoms with van der Waals surface area (Å²) in [5.74, 6) is 0.